The SMILES string of the molecule is CCNC(=O)CCn1c(C(C)Cl)nc2c(C)ccnc21. The number of pyridine rings is 1. The predicted molar refractivity (Wildman–Crippen MR) is 79.8 cm³/mol. The first-order chi connectivity index (χ1) is 9.54. The molecule has 6 heteroatoms. The molecular weight excluding hydrogens is 276 g/mol. The van der Waals surface area contributed by atoms with Crippen LogP contribution >= 0.6 is 11.6 Å². The Labute approximate surface area is 123 Å². The number of carbonyl (C=O) groups is 1. The molecule has 0 radical (unpaired) electrons. The summed E-state index contributed by atoms with van der Waals surface area (Å²) in [5.74, 6) is 0.781. The highest BCUT2D eigenvalue weighted by molar-refractivity contribution is 6.20. The van der Waals surface area contributed by atoms with E-state index in [1.165, 1.54) is 0 Å². The number of halogens is 1. The summed E-state index contributed by atoms with van der Waals surface area (Å²) in [4.78, 5) is 20.6. The van der Waals surface area contributed by atoms with Crippen molar-refractivity contribution in [2.75, 3.05) is 6.54 Å². The Morgan fingerprint density at radius 1 is 1.55 bits per heavy atom. The van der Waals surface area contributed by atoms with E-state index in [0.29, 0.717) is 19.5 Å². The minimum atomic E-state index is -0.224. The van der Waals surface area contributed by atoms with Gasteiger partial charge in [0.15, 0.2) is 5.65 Å². The van der Waals surface area contributed by atoms with Crippen LogP contribution in [0, 0.1) is 6.92 Å². The minimum absolute atomic E-state index is 0.0233. The van der Waals surface area contributed by atoms with Crippen molar-refractivity contribution in [2.45, 2.75) is 39.1 Å². The van der Waals surface area contributed by atoms with Crippen LogP contribution in [0.1, 0.15) is 37.0 Å². The molecule has 0 saturated carbocycles. The zero-order valence-electron chi connectivity index (χ0n) is 12.0. The maximum absolute atomic E-state index is 11.6. The zero-order valence-corrected chi connectivity index (χ0v) is 12.7. The largest absolute Gasteiger partial charge is 0.356 e. The first-order valence-electron chi connectivity index (χ1n) is 6.77. The highest BCUT2D eigenvalue weighted by Gasteiger charge is 2.17. The molecule has 0 aromatic carbocycles. The van der Waals surface area contributed by atoms with Crippen LogP contribution in [0.3, 0.4) is 0 Å². The van der Waals surface area contributed by atoms with Crippen molar-refractivity contribution in [1.29, 1.82) is 0 Å². The van der Waals surface area contributed by atoms with Crippen molar-refractivity contribution in [2.24, 2.45) is 0 Å². The number of hydrogen-bond donors (Lipinski definition) is 1. The molecule has 1 unspecified atom stereocenters. The van der Waals surface area contributed by atoms with E-state index in [0.717, 1.165) is 22.6 Å². The molecule has 0 fully saturated rings. The van der Waals surface area contributed by atoms with Gasteiger partial charge in [0.05, 0.1) is 5.38 Å². The van der Waals surface area contributed by atoms with Gasteiger partial charge < -0.3 is 9.88 Å². The molecule has 0 bridgehead atoms. The van der Waals surface area contributed by atoms with Crippen LogP contribution < -0.4 is 5.32 Å². The zero-order chi connectivity index (χ0) is 14.7. The smallest absolute Gasteiger partial charge is 0.221 e. The van der Waals surface area contributed by atoms with Gasteiger partial charge in [-0.05, 0) is 32.4 Å². The fourth-order valence-corrected chi connectivity index (χ4v) is 2.34. The van der Waals surface area contributed by atoms with Crippen molar-refractivity contribution < 1.29 is 4.79 Å². The number of nitrogens with one attached hydrogen (secondary N) is 1. The molecule has 1 atom stereocenters. The lowest BCUT2D eigenvalue weighted by atomic mass is 10.3. The van der Waals surface area contributed by atoms with E-state index in [9.17, 15) is 4.79 Å². The molecule has 0 aliphatic carbocycles. The number of aryl methyl sites for hydroxylation is 2. The lowest BCUT2D eigenvalue weighted by Crippen LogP contribution is -2.24. The second-order valence-corrected chi connectivity index (χ2v) is 5.40. The molecule has 2 rings (SSSR count). The molecule has 0 aliphatic heterocycles. The first-order valence-corrected chi connectivity index (χ1v) is 7.20. The number of aromatic nitrogens is 3. The van der Waals surface area contributed by atoms with Gasteiger partial charge in [0.1, 0.15) is 11.3 Å². The van der Waals surface area contributed by atoms with E-state index in [4.69, 9.17) is 11.6 Å². The molecule has 1 N–H and O–H groups in total. The van der Waals surface area contributed by atoms with Gasteiger partial charge in [-0.1, -0.05) is 0 Å². The van der Waals surface area contributed by atoms with Gasteiger partial charge >= 0.3 is 0 Å². The fraction of sp³-hybridized carbons (Fsp3) is 0.500. The van der Waals surface area contributed by atoms with Gasteiger partial charge in [-0.15, -0.1) is 11.6 Å². The summed E-state index contributed by atoms with van der Waals surface area (Å²) < 4.78 is 1.94. The lowest BCUT2D eigenvalue weighted by molar-refractivity contribution is -0.121. The molecule has 1 amide bonds. The maximum atomic E-state index is 11.6. The van der Waals surface area contributed by atoms with Gasteiger partial charge in [0.2, 0.25) is 5.91 Å². The molecule has 108 valence electrons. The summed E-state index contributed by atoms with van der Waals surface area (Å²) in [5.41, 5.74) is 2.70. The highest BCUT2D eigenvalue weighted by atomic mass is 35.5. The Hall–Kier alpha value is -1.62. The van der Waals surface area contributed by atoms with Gasteiger partial charge in [-0.3, -0.25) is 4.79 Å². The first kappa shape index (κ1) is 14.8. The Morgan fingerprint density at radius 2 is 2.30 bits per heavy atom. The molecule has 0 aliphatic rings. The normalized spacial score (nSPS) is 12.6. The van der Waals surface area contributed by atoms with Gasteiger partial charge in [-0.2, -0.15) is 0 Å². The quantitative estimate of drug-likeness (QED) is 0.862. The number of alkyl halides is 1. The fourth-order valence-electron chi connectivity index (χ4n) is 2.18. The van der Waals surface area contributed by atoms with Crippen molar-refractivity contribution in [3.8, 4) is 0 Å². The summed E-state index contributed by atoms with van der Waals surface area (Å²) in [5, 5.41) is 2.57. The second kappa shape index (κ2) is 6.22. The van der Waals surface area contributed by atoms with Crippen LogP contribution in [0.5, 0.6) is 0 Å². The number of rotatable bonds is 5. The van der Waals surface area contributed by atoms with Crippen LogP contribution in [0.15, 0.2) is 12.3 Å². The molecule has 20 heavy (non-hydrogen) atoms. The van der Waals surface area contributed by atoms with Crippen molar-refractivity contribution >= 4 is 28.7 Å². The third kappa shape index (κ3) is 2.93. The Balaban J connectivity index is 2.37. The molecular formula is C14H19ClN4O. The summed E-state index contributed by atoms with van der Waals surface area (Å²) >= 11 is 6.20. The molecule has 2 aromatic rings. The topological polar surface area (TPSA) is 59.8 Å². The standard InChI is InChI=1S/C14H19ClN4O/c1-4-16-11(20)6-8-19-13(10(3)15)18-12-9(2)5-7-17-14(12)19/h5,7,10H,4,6,8H2,1-3H3,(H,16,20). The third-order valence-electron chi connectivity index (χ3n) is 3.16. The van der Waals surface area contributed by atoms with Gasteiger partial charge in [0, 0.05) is 25.7 Å². The Bertz CT molecular complexity index is 621. The average molecular weight is 295 g/mol. The number of imidazole rings is 1. The van der Waals surface area contributed by atoms with E-state index in [2.05, 4.69) is 15.3 Å². The Morgan fingerprint density at radius 3 is 2.95 bits per heavy atom. The number of hydrogen-bond acceptors (Lipinski definition) is 3. The third-order valence-corrected chi connectivity index (χ3v) is 3.35. The van der Waals surface area contributed by atoms with Crippen LogP contribution in [0.25, 0.3) is 11.2 Å². The molecule has 2 heterocycles. The van der Waals surface area contributed by atoms with Crippen LogP contribution in [-0.4, -0.2) is 27.0 Å². The highest BCUT2D eigenvalue weighted by Crippen LogP contribution is 2.25. The number of carbonyl (C=O) groups excluding carboxylic acids is 1. The van der Waals surface area contributed by atoms with Crippen molar-refractivity contribution in [3.05, 3.63) is 23.7 Å². The monoisotopic (exact) mass is 294 g/mol. The minimum Gasteiger partial charge on any atom is -0.356 e. The van der Waals surface area contributed by atoms with E-state index in [-0.39, 0.29) is 11.3 Å². The lowest BCUT2D eigenvalue weighted by Gasteiger charge is -2.09. The number of amides is 1. The summed E-state index contributed by atoms with van der Waals surface area (Å²) in [6.45, 7) is 6.95. The van der Waals surface area contributed by atoms with Crippen LogP contribution in [0.2, 0.25) is 0 Å². The van der Waals surface area contributed by atoms with E-state index in [1.54, 1.807) is 6.20 Å². The van der Waals surface area contributed by atoms with Crippen LogP contribution in [-0.2, 0) is 11.3 Å². The average Bonchev–Trinajstić information content (AvgIpc) is 2.77. The van der Waals surface area contributed by atoms with E-state index in [1.807, 2.05) is 31.4 Å². The summed E-state index contributed by atoms with van der Waals surface area (Å²) in [7, 11) is 0. The number of nitrogens with zero attached hydrogens (tertiary/aromatic N) is 3. The van der Waals surface area contributed by atoms with Crippen LogP contribution in [0.4, 0.5) is 0 Å². The van der Waals surface area contributed by atoms with Crippen molar-refractivity contribution in [3.63, 3.8) is 0 Å². The van der Waals surface area contributed by atoms with Gasteiger partial charge in [0.25, 0.3) is 0 Å². The Kier molecular flexibility index (Phi) is 4.60. The summed E-state index contributed by atoms with van der Waals surface area (Å²) in [6, 6.07) is 1.92. The van der Waals surface area contributed by atoms with Gasteiger partial charge in [-0.25, -0.2) is 9.97 Å². The van der Waals surface area contributed by atoms with E-state index < -0.39 is 0 Å². The summed E-state index contributed by atoms with van der Waals surface area (Å²) in [6.07, 6.45) is 2.15. The molecule has 0 saturated heterocycles. The number of fused-ring (bicyclic) bond motifs is 1. The molecule has 5 nitrogen and oxygen atoms in total. The molecule has 2 aromatic heterocycles. The maximum Gasteiger partial charge on any atom is 0.221 e. The van der Waals surface area contributed by atoms with Crippen molar-refractivity contribution in [1.82, 2.24) is 19.9 Å². The van der Waals surface area contributed by atoms with E-state index >= 15 is 0 Å². The second-order valence-electron chi connectivity index (χ2n) is 4.74. The molecule has 0 spiro atoms. The predicted octanol–water partition coefficient (Wildman–Crippen LogP) is 2.57.